The van der Waals surface area contributed by atoms with Crippen molar-refractivity contribution in [2.45, 2.75) is 37.3 Å². The van der Waals surface area contributed by atoms with Crippen LogP contribution < -0.4 is 5.32 Å². The van der Waals surface area contributed by atoms with E-state index in [-0.39, 0.29) is 12.0 Å². The average Bonchev–Trinajstić information content (AvgIpc) is 3.19. The molecule has 5 nitrogen and oxygen atoms in total. The highest BCUT2D eigenvalue weighted by atomic mass is 32.2. The van der Waals surface area contributed by atoms with Crippen molar-refractivity contribution >= 4 is 39.2 Å². The largest absolute Gasteiger partial charge is 0.376 e. The van der Waals surface area contributed by atoms with E-state index in [1.807, 2.05) is 0 Å². The summed E-state index contributed by atoms with van der Waals surface area (Å²) in [5.41, 5.74) is 0. The molecule has 1 fully saturated rings. The third-order valence-corrected chi connectivity index (χ3v) is 5.78. The van der Waals surface area contributed by atoms with Crippen LogP contribution in [0.2, 0.25) is 0 Å². The van der Waals surface area contributed by atoms with Crippen LogP contribution in [0.3, 0.4) is 0 Å². The van der Waals surface area contributed by atoms with Crippen LogP contribution >= 0.6 is 23.1 Å². The van der Waals surface area contributed by atoms with Gasteiger partial charge in [0.1, 0.15) is 16.2 Å². The number of aromatic nitrogens is 2. The van der Waals surface area contributed by atoms with Gasteiger partial charge >= 0.3 is 0 Å². The third kappa shape index (κ3) is 3.77. The van der Waals surface area contributed by atoms with Crippen LogP contribution in [0.1, 0.15) is 24.6 Å². The molecule has 3 heterocycles. The number of carbonyl (C=O) groups excluding carboxylic acids is 1. The summed E-state index contributed by atoms with van der Waals surface area (Å²) >= 11 is 3.16. The van der Waals surface area contributed by atoms with Gasteiger partial charge in [-0.25, -0.2) is 9.97 Å². The lowest BCUT2D eigenvalue weighted by molar-refractivity contribution is -0.119. The molecule has 3 rings (SSSR count). The van der Waals surface area contributed by atoms with Crippen LogP contribution in [0.15, 0.2) is 17.4 Å². The molecule has 0 spiro atoms. The number of aryl methyl sites for hydroxylation is 1. The highest BCUT2D eigenvalue weighted by Crippen LogP contribution is 2.30. The molecule has 0 aromatic carbocycles. The Morgan fingerprint density at radius 1 is 1.55 bits per heavy atom. The Kier molecular flexibility index (Phi) is 5.28. The van der Waals surface area contributed by atoms with Gasteiger partial charge in [-0.15, -0.1) is 11.3 Å². The summed E-state index contributed by atoms with van der Waals surface area (Å²) in [5, 5.41) is 4.87. The normalized spacial score (nSPS) is 18.0. The first-order valence-electron chi connectivity index (χ1n) is 7.50. The van der Waals surface area contributed by atoms with Gasteiger partial charge in [-0.1, -0.05) is 18.7 Å². The molecule has 2 aromatic rings. The number of hydrogen-bond acceptors (Lipinski definition) is 6. The van der Waals surface area contributed by atoms with Crippen molar-refractivity contribution in [2.75, 3.05) is 18.9 Å². The molecule has 0 bridgehead atoms. The summed E-state index contributed by atoms with van der Waals surface area (Å²) < 4.78 is 5.50. The number of nitrogens with one attached hydrogen (secondary N) is 1. The van der Waals surface area contributed by atoms with E-state index in [0.29, 0.717) is 12.3 Å². The molecule has 1 amide bonds. The number of hydrogen-bond donors (Lipinski definition) is 1. The Balaban J connectivity index is 1.56. The van der Waals surface area contributed by atoms with Crippen molar-refractivity contribution in [3.63, 3.8) is 0 Å². The van der Waals surface area contributed by atoms with E-state index in [1.54, 1.807) is 17.7 Å². The molecular weight excluding hydrogens is 318 g/mol. The van der Waals surface area contributed by atoms with Gasteiger partial charge in [0.05, 0.1) is 11.9 Å². The quantitative estimate of drug-likeness (QED) is 0.648. The first-order chi connectivity index (χ1) is 10.8. The predicted molar refractivity (Wildman–Crippen MR) is 89.5 cm³/mol. The van der Waals surface area contributed by atoms with Crippen LogP contribution in [0, 0.1) is 0 Å². The minimum Gasteiger partial charge on any atom is -0.376 e. The maximum atomic E-state index is 11.9. The minimum absolute atomic E-state index is 0.0261. The molecule has 0 aliphatic carbocycles. The van der Waals surface area contributed by atoms with Crippen LogP contribution in [-0.2, 0) is 16.0 Å². The van der Waals surface area contributed by atoms with Gasteiger partial charge in [-0.05, 0) is 25.3 Å². The number of thioether (sulfide) groups is 1. The first kappa shape index (κ1) is 15.7. The summed E-state index contributed by atoms with van der Waals surface area (Å²) in [7, 11) is 0. The van der Waals surface area contributed by atoms with Gasteiger partial charge in [0.15, 0.2) is 0 Å². The van der Waals surface area contributed by atoms with Crippen molar-refractivity contribution < 1.29 is 9.53 Å². The van der Waals surface area contributed by atoms with Crippen LogP contribution in [-0.4, -0.2) is 40.9 Å². The van der Waals surface area contributed by atoms with Crippen molar-refractivity contribution in [2.24, 2.45) is 0 Å². The molecule has 0 saturated carbocycles. The predicted octanol–water partition coefficient (Wildman–Crippen LogP) is 2.64. The number of thiophene rings is 1. The molecular formula is C15H19N3O2S2. The molecule has 1 aliphatic heterocycles. The topological polar surface area (TPSA) is 64.1 Å². The Bertz CT molecular complexity index is 653. The molecule has 1 N–H and O–H groups in total. The van der Waals surface area contributed by atoms with Crippen LogP contribution in [0.4, 0.5) is 0 Å². The smallest absolute Gasteiger partial charge is 0.230 e. The summed E-state index contributed by atoms with van der Waals surface area (Å²) in [6.45, 7) is 3.55. The lowest BCUT2D eigenvalue weighted by Gasteiger charge is -2.10. The third-order valence-electron chi connectivity index (χ3n) is 3.58. The zero-order valence-corrected chi connectivity index (χ0v) is 14.1. The van der Waals surface area contributed by atoms with Crippen molar-refractivity contribution in [3.8, 4) is 0 Å². The second kappa shape index (κ2) is 7.39. The lowest BCUT2D eigenvalue weighted by Crippen LogP contribution is -2.32. The second-order valence-electron chi connectivity index (χ2n) is 5.19. The number of fused-ring (bicyclic) bond motifs is 1. The molecule has 2 aromatic heterocycles. The number of carbonyl (C=O) groups is 1. The van der Waals surface area contributed by atoms with Gasteiger partial charge in [0.25, 0.3) is 0 Å². The fourth-order valence-corrected chi connectivity index (χ4v) is 4.19. The van der Waals surface area contributed by atoms with Gasteiger partial charge in [-0.3, -0.25) is 4.79 Å². The summed E-state index contributed by atoms with van der Waals surface area (Å²) in [6, 6.07) is 2.13. The Hall–Kier alpha value is -1.18. The maximum Gasteiger partial charge on any atom is 0.230 e. The Labute approximate surface area is 137 Å². The fraction of sp³-hybridized carbons (Fsp3) is 0.533. The maximum absolute atomic E-state index is 11.9. The number of rotatable bonds is 6. The van der Waals surface area contributed by atoms with Gasteiger partial charge < -0.3 is 10.1 Å². The van der Waals surface area contributed by atoms with E-state index in [4.69, 9.17) is 4.74 Å². The van der Waals surface area contributed by atoms with E-state index in [0.717, 1.165) is 41.1 Å². The van der Waals surface area contributed by atoms with Crippen molar-refractivity contribution in [3.05, 3.63) is 17.3 Å². The monoisotopic (exact) mass is 337 g/mol. The van der Waals surface area contributed by atoms with Gasteiger partial charge in [-0.2, -0.15) is 0 Å². The first-order valence-corrected chi connectivity index (χ1v) is 9.31. The van der Waals surface area contributed by atoms with Gasteiger partial charge in [0, 0.05) is 23.4 Å². The van der Waals surface area contributed by atoms with E-state index >= 15 is 0 Å². The fourth-order valence-electron chi connectivity index (χ4n) is 2.39. The Morgan fingerprint density at radius 3 is 3.23 bits per heavy atom. The summed E-state index contributed by atoms with van der Waals surface area (Å²) in [6.07, 6.45) is 4.88. The number of ether oxygens (including phenoxy) is 1. The molecule has 1 aliphatic rings. The van der Waals surface area contributed by atoms with E-state index in [2.05, 4.69) is 28.3 Å². The molecule has 1 saturated heterocycles. The lowest BCUT2D eigenvalue weighted by atomic mass is 10.2. The summed E-state index contributed by atoms with van der Waals surface area (Å²) in [4.78, 5) is 22.8. The molecule has 1 atom stereocenters. The van der Waals surface area contributed by atoms with E-state index < -0.39 is 0 Å². The van der Waals surface area contributed by atoms with E-state index in [9.17, 15) is 4.79 Å². The van der Waals surface area contributed by atoms with Crippen molar-refractivity contribution in [1.29, 1.82) is 0 Å². The van der Waals surface area contributed by atoms with Crippen molar-refractivity contribution in [1.82, 2.24) is 15.3 Å². The zero-order valence-electron chi connectivity index (χ0n) is 12.5. The van der Waals surface area contributed by atoms with Crippen LogP contribution in [0.25, 0.3) is 10.2 Å². The molecule has 0 radical (unpaired) electrons. The second-order valence-corrected chi connectivity index (χ2v) is 7.27. The average molecular weight is 337 g/mol. The SMILES string of the molecule is CCc1cc2c(SCC(=O)NC[C@@H]3CCCO3)ncnc2s1. The zero-order chi connectivity index (χ0) is 15.4. The summed E-state index contributed by atoms with van der Waals surface area (Å²) in [5.74, 6) is 0.397. The number of amides is 1. The van der Waals surface area contributed by atoms with Crippen LogP contribution in [0.5, 0.6) is 0 Å². The van der Waals surface area contributed by atoms with E-state index in [1.165, 1.54) is 16.6 Å². The Morgan fingerprint density at radius 2 is 2.45 bits per heavy atom. The number of nitrogens with zero attached hydrogens (tertiary/aromatic N) is 2. The minimum atomic E-state index is 0.0261. The molecule has 22 heavy (non-hydrogen) atoms. The highest BCUT2D eigenvalue weighted by Gasteiger charge is 2.16. The molecule has 7 heteroatoms. The standard InChI is InChI=1S/C15H19N3O2S2/c1-2-11-6-12-14(17-9-18-15(12)22-11)21-8-13(19)16-7-10-4-3-5-20-10/h6,9-10H,2-5,7-8H2,1H3,(H,16,19)/t10-/m0/s1. The van der Waals surface area contributed by atoms with Gasteiger partial charge in [0.2, 0.25) is 5.91 Å². The highest BCUT2D eigenvalue weighted by molar-refractivity contribution is 8.00. The molecule has 0 unspecified atom stereocenters. The molecule has 118 valence electrons.